The highest BCUT2D eigenvalue weighted by Crippen LogP contribution is 2.33. The summed E-state index contributed by atoms with van der Waals surface area (Å²) in [5.74, 6) is 1.33. The van der Waals surface area contributed by atoms with E-state index in [4.69, 9.17) is 9.90 Å². The summed E-state index contributed by atoms with van der Waals surface area (Å²) in [5, 5.41) is 14.8. The second kappa shape index (κ2) is 10.7. The Balaban J connectivity index is 0.000000601. The topological polar surface area (TPSA) is 91.8 Å². The third-order valence-electron chi connectivity index (χ3n) is 5.84. The number of hydrogen-bond acceptors (Lipinski definition) is 4. The molecule has 0 radical (unpaired) electrons. The van der Waals surface area contributed by atoms with Gasteiger partial charge in [-0.3, -0.25) is 14.9 Å². The monoisotopic (exact) mass is 440 g/mol. The van der Waals surface area contributed by atoms with Gasteiger partial charge in [0.25, 0.3) is 5.97 Å². The number of carboxylic acid groups (broad SMARTS) is 1. The molecule has 6 nitrogen and oxygen atoms in total. The molecule has 4 aromatic rings. The molecule has 6 heteroatoms. The fraction of sp³-hybridized carbons (Fsp3) is 0.259. The van der Waals surface area contributed by atoms with Crippen LogP contribution in [0.25, 0.3) is 34.0 Å². The zero-order valence-corrected chi connectivity index (χ0v) is 18.7. The first-order chi connectivity index (χ1) is 16.1. The summed E-state index contributed by atoms with van der Waals surface area (Å²) in [7, 11) is 0. The minimum atomic E-state index is -0.833. The van der Waals surface area contributed by atoms with Gasteiger partial charge in [-0.2, -0.15) is 5.10 Å². The van der Waals surface area contributed by atoms with Gasteiger partial charge in [-0.05, 0) is 36.5 Å². The maximum atomic E-state index is 9.00. The molecule has 33 heavy (non-hydrogen) atoms. The molecule has 0 bridgehead atoms. The molecule has 0 atom stereocenters. The standard InChI is InChI=1S/C25H24N4.C2H4O2/c1-3-7-18(8-4-1)19-11-13-20(14-12-19)23-16-15-22(17-26-23)25-27-24(28-29-25)21-9-5-2-6-10-21;1-2(3)4/h2,5-6,9-18H,1,3-4,7-8H2,(H,27,28,29);1H3,(H,3,4). The van der Waals surface area contributed by atoms with Crippen LogP contribution in [0.3, 0.4) is 0 Å². The number of carboxylic acids is 1. The second-order valence-electron chi connectivity index (χ2n) is 8.28. The maximum absolute atomic E-state index is 9.00. The number of aliphatic carboxylic acids is 1. The van der Waals surface area contributed by atoms with Crippen LogP contribution in [-0.2, 0) is 4.79 Å². The lowest BCUT2D eigenvalue weighted by Crippen LogP contribution is -2.04. The van der Waals surface area contributed by atoms with Gasteiger partial charge in [0, 0.05) is 29.8 Å². The van der Waals surface area contributed by atoms with Gasteiger partial charge in [0.1, 0.15) is 0 Å². The molecule has 168 valence electrons. The Morgan fingerprint density at radius 2 is 1.55 bits per heavy atom. The fourth-order valence-corrected chi connectivity index (χ4v) is 4.17. The van der Waals surface area contributed by atoms with Crippen molar-refractivity contribution in [1.82, 2.24) is 20.2 Å². The Morgan fingerprint density at radius 1 is 0.879 bits per heavy atom. The molecule has 5 rings (SSSR count). The van der Waals surface area contributed by atoms with Crippen LogP contribution in [0.2, 0.25) is 0 Å². The predicted octanol–water partition coefficient (Wildman–Crippen LogP) is 6.34. The van der Waals surface area contributed by atoms with Crippen molar-refractivity contribution in [3.05, 3.63) is 78.5 Å². The van der Waals surface area contributed by atoms with E-state index in [9.17, 15) is 0 Å². The average Bonchev–Trinajstić information content (AvgIpc) is 3.36. The van der Waals surface area contributed by atoms with Gasteiger partial charge in [0.05, 0.1) is 5.69 Å². The highest BCUT2D eigenvalue weighted by atomic mass is 16.4. The fourth-order valence-electron chi connectivity index (χ4n) is 4.17. The van der Waals surface area contributed by atoms with E-state index in [0.29, 0.717) is 5.82 Å². The van der Waals surface area contributed by atoms with Crippen LogP contribution in [0.4, 0.5) is 0 Å². The van der Waals surface area contributed by atoms with Crippen molar-refractivity contribution in [1.29, 1.82) is 0 Å². The van der Waals surface area contributed by atoms with Gasteiger partial charge < -0.3 is 5.11 Å². The Kier molecular flexibility index (Phi) is 7.25. The number of nitrogens with zero attached hydrogens (tertiary/aromatic N) is 3. The molecule has 0 unspecified atom stereocenters. The van der Waals surface area contributed by atoms with Gasteiger partial charge in [0.15, 0.2) is 11.6 Å². The van der Waals surface area contributed by atoms with E-state index in [1.807, 2.05) is 48.7 Å². The Labute approximate surface area is 193 Å². The summed E-state index contributed by atoms with van der Waals surface area (Å²) in [6, 6.07) is 23.1. The predicted molar refractivity (Wildman–Crippen MR) is 130 cm³/mol. The lowest BCUT2D eigenvalue weighted by Gasteiger charge is -2.22. The van der Waals surface area contributed by atoms with E-state index >= 15 is 0 Å². The van der Waals surface area contributed by atoms with Gasteiger partial charge in [0.2, 0.25) is 0 Å². The maximum Gasteiger partial charge on any atom is 0.300 e. The Bertz CT molecular complexity index is 1160. The number of benzene rings is 2. The highest BCUT2D eigenvalue weighted by Gasteiger charge is 2.15. The van der Waals surface area contributed by atoms with Gasteiger partial charge >= 0.3 is 0 Å². The largest absolute Gasteiger partial charge is 0.481 e. The number of H-pyrrole nitrogens is 1. The zero-order valence-electron chi connectivity index (χ0n) is 18.7. The number of carbonyl (C=O) groups is 1. The molecule has 0 aliphatic heterocycles. The van der Waals surface area contributed by atoms with E-state index in [2.05, 4.69) is 44.4 Å². The first-order valence-corrected chi connectivity index (χ1v) is 11.3. The van der Waals surface area contributed by atoms with Crippen molar-refractivity contribution >= 4 is 5.97 Å². The average molecular weight is 441 g/mol. The summed E-state index contributed by atoms with van der Waals surface area (Å²) in [6.45, 7) is 1.08. The van der Waals surface area contributed by atoms with Crippen molar-refractivity contribution in [3.63, 3.8) is 0 Å². The third kappa shape index (κ3) is 5.92. The Hall–Kier alpha value is -3.80. The molecule has 2 heterocycles. The summed E-state index contributed by atoms with van der Waals surface area (Å²) in [6.07, 6.45) is 8.62. The number of nitrogens with one attached hydrogen (secondary N) is 1. The van der Waals surface area contributed by atoms with E-state index in [-0.39, 0.29) is 0 Å². The number of hydrogen-bond donors (Lipinski definition) is 2. The van der Waals surface area contributed by atoms with Crippen molar-refractivity contribution in [2.75, 3.05) is 0 Å². The minimum Gasteiger partial charge on any atom is -0.481 e. The molecular formula is C27H28N4O2. The lowest BCUT2D eigenvalue weighted by atomic mass is 9.84. The quantitative estimate of drug-likeness (QED) is 0.386. The van der Waals surface area contributed by atoms with Crippen molar-refractivity contribution < 1.29 is 9.90 Å². The van der Waals surface area contributed by atoms with E-state index in [0.717, 1.165) is 41.1 Å². The molecule has 0 saturated heterocycles. The summed E-state index contributed by atoms with van der Waals surface area (Å²) >= 11 is 0. The van der Waals surface area contributed by atoms with Crippen molar-refractivity contribution in [3.8, 4) is 34.0 Å². The van der Waals surface area contributed by atoms with Crippen LogP contribution in [-0.4, -0.2) is 31.2 Å². The Morgan fingerprint density at radius 3 is 2.18 bits per heavy atom. The van der Waals surface area contributed by atoms with Crippen LogP contribution in [0, 0.1) is 0 Å². The van der Waals surface area contributed by atoms with Crippen LogP contribution in [0.5, 0.6) is 0 Å². The van der Waals surface area contributed by atoms with Crippen LogP contribution in [0.15, 0.2) is 72.9 Å². The summed E-state index contributed by atoms with van der Waals surface area (Å²) in [4.78, 5) is 18.3. The molecule has 2 aromatic carbocycles. The van der Waals surface area contributed by atoms with E-state index in [1.165, 1.54) is 37.7 Å². The van der Waals surface area contributed by atoms with Crippen molar-refractivity contribution in [2.45, 2.75) is 44.9 Å². The molecule has 1 fully saturated rings. The SMILES string of the molecule is CC(=O)O.c1ccc(-c2nc(-c3ccc(-c4ccc(C5CCCCC5)cc4)nc3)n[nH]2)cc1. The normalized spacial score (nSPS) is 13.7. The van der Waals surface area contributed by atoms with E-state index < -0.39 is 5.97 Å². The van der Waals surface area contributed by atoms with Crippen LogP contribution < -0.4 is 0 Å². The van der Waals surface area contributed by atoms with Gasteiger partial charge in [-0.25, -0.2) is 4.98 Å². The highest BCUT2D eigenvalue weighted by molar-refractivity contribution is 5.65. The first-order valence-electron chi connectivity index (χ1n) is 11.3. The van der Waals surface area contributed by atoms with Gasteiger partial charge in [-0.15, -0.1) is 0 Å². The lowest BCUT2D eigenvalue weighted by molar-refractivity contribution is -0.134. The molecule has 2 N–H and O–H groups in total. The van der Waals surface area contributed by atoms with Crippen molar-refractivity contribution in [2.24, 2.45) is 0 Å². The minimum absolute atomic E-state index is 0.663. The number of rotatable bonds is 4. The number of pyridine rings is 1. The summed E-state index contributed by atoms with van der Waals surface area (Å²) in [5.41, 5.74) is 5.53. The van der Waals surface area contributed by atoms with Gasteiger partial charge in [-0.1, -0.05) is 73.9 Å². The molecular weight excluding hydrogens is 412 g/mol. The molecule has 0 amide bonds. The van der Waals surface area contributed by atoms with Crippen LogP contribution >= 0.6 is 0 Å². The summed E-state index contributed by atoms with van der Waals surface area (Å²) < 4.78 is 0. The number of aromatic amines is 1. The smallest absolute Gasteiger partial charge is 0.300 e. The molecule has 0 spiro atoms. The third-order valence-corrected chi connectivity index (χ3v) is 5.84. The molecule has 2 aromatic heterocycles. The van der Waals surface area contributed by atoms with Crippen LogP contribution in [0.1, 0.15) is 50.5 Å². The molecule has 1 aliphatic carbocycles. The molecule has 1 saturated carbocycles. The second-order valence-corrected chi connectivity index (χ2v) is 8.28. The zero-order chi connectivity index (χ0) is 23.0. The van der Waals surface area contributed by atoms with E-state index in [1.54, 1.807) is 0 Å². The molecule has 1 aliphatic rings. The first kappa shape index (κ1) is 22.4. The number of aromatic nitrogens is 4.